The zero-order valence-corrected chi connectivity index (χ0v) is 24.2. The van der Waals surface area contributed by atoms with Crippen LogP contribution in [0.2, 0.25) is 0 Å². The van der Waals surface area contributed by atoms with Gasteiger partial charge in [0, 0.05) is 38.6 Å². The molecule has 3 aliphatic rings. The van der Waals surface area contributed by atoms with E-state index in [4.69, 9.17) is 9.47 Å². The molecular weight excluding hydrogens is 514 g/mol. The Morgan fingerprint density at radius 2 is 1.64 bits per heavy atom. The average Bonchev–Trinajstić information content (AvgIpc) is 3.48. The van der Waals surface area contributed by atoms with Crippen LogP contribution in [0.4, 0.5) is 4.79 Å². The minimum Gasteiger partial charge on any atom is -0.497 e. The van der Waals surface area contributed by atoms with Gasteiger partial charge in [0.1, 0.15) is 5.75 Å². The van der Waals surface area contributed by atoms with Crippen LogP contribution in [0, 0.1) is 11.3 Å². The van der Waals surface area contributed by atoms with Gasteiger partial charge in [-0.1, -0.05) is 42.5 Å². The summed E-state index contributed by atoms with van der Waals surface area (Å²) in [7, 11) is 1.67. The molecular formula is C31H42ClN3O4. The van der Waals surface area contributed by atoms with Gasteiger partial charge in [-0.2, -0.15) is 0 Å². The van der Waals surface area contributed by atoms with E-state index >= 15 is 0 Å². The quantitative estimate of drug-likeness (QED) is 0.470. The van der Waals surface area contributed by atoms with E-state index in [1.807, 2.05) is 54.0 Å². The largest absolute Gasteiger partial charge is 0.497 e. The second-order valence-corrected chi connectivity index (χ2v) is 11.5. The third-order valence-electron chi connectivity index (χ3n) is 8.70. The van der Waals surface area contributed by atoms with Crippen molar-refractivity contribution in [1.82, 2.24) is 14.7 Å². The highest BCUT2D eigenvalue weighted by Gasteiger charge is 2.48. The molecule has 2 atom stereocenters. The maximum Gasteiger partial charge on any atom is 0.410 e. The monoisotopic (exact) mass is 555 g/mol. The highest BCUT2D eigenvalue weighted by atomic mass is 35.5. The van der Waals surface area contributed by atoms with Gasteiger partial charge in [-0.05, 0) is 75.4 Å². The van der Waals surface area contributed by atoms with E-state index in [0.29, 0.717) is 37.4 Å². The smallest absolute Gasteiger partial charge is 0.410 e. The lowest BCUT2D eigenvalue weighted by molar-refractivity contribution is -0.139. The number of benzene rings is 2. The minimum absolute atomic E-state index is 0. The number of hydrogen-bond donors (Lipinski definition) is 0. The third kappa shape index (κ3) is 6.52. The second kappa shape index (κ2) is 12.6. The van der Waals surface area contributed by atoms with Gasteiger partial charge in [-0.3, -0.25) is 4.79 Å². The predicted molar refractivity (Wildman–Crippen MR) is 154 cm³/mol. The summed E-state index contributed by atoms with van der Waals surface area (Å²) in [5, 5.41) is 0. The molecule has 1 spiro atoms. The van der Waals surface area contributed by atoms with Gasteiger partial charge in [0.05, 0.1) is 18.6 Å². The number of ether oxygens (including phenoxy) is 2. The van der Waals surface area contributed by atoms with Crippen LogP contribution in [0.25, 0.3) is 0 Å². The zero-order valence-electron chi connectivity index (χ0n) is 23.4. The summed E-state index contributed by atoms with van der Waals surface area (Å²) in [6.45, 7) is 9.47. The molecule has 2 aromatic rings. The summed E-state index contributed by atoms with van der Waals surface area (Å²) < 4.78 is 10.8. The van der Waals surface area contributed by atoms with Crippen molar-refractivity contribution in [3.63, 3.8) is 0 Å². The number of rotatable bonds is 7. The lowest BCUT2D eigenvalue weighted by atomic mass is 9.76. The minimum atomic E-state index is -0.218. The number of methoxy groups -OCH3 is 1. The first-order valence-corrected chi connectivity index (χ1v) is 14.0. The van der Waals surface area contributed by atoms with Crippen LogP contribution in [0.5, 0.6) is 5.75 Å². The van der Waals surface area contributed by atoms with Gasteiger partial charge in [0.25, 0.3) is 0 Å². The Kier molecular flexibility index (Phi) is 9.44. The van der Waals surface area contributed by atoms with Crippen molar-refractivity contribution in [3.05, 3.63) is 65.7 Å². The molecule has 0 aromatic heterocycles. The molecule has 3 aliphatic heterocycles. The molecule has 0 bridgehead atoms. The van der Waals surface area contributed by atoms with Crippen LogP contribution >= 0.6 is 12.4 Å². The number of piperidine rings is 1. The SMILES string of the molecule is COc1ccc(CN2CCC3(CCN(C[C@H]4CN(C(=O)OC(C)C)C[C@@H]4c4ccccc4)CC3)C2=O)cc1.Cl. The summed E-state index contributed by atoms with van der Waals surface area (Å²) in [4.78, 5) is 32.7. The third-order valence-corrected chi connectivity index (χ3v) is 8.70. The number of carbonyl (C=O) groups is 2. The van der Waals surface area contributed by atoms with Gasteiger partial charge >= 0.3 is 6.09 Å². The molecule has 2 amide bonds. The van der Waals surface area contributed by atoms with Crippen molar-refractivity contribution in [2.24, 2.45) is 11.3 Å². The van der Waals surface area contributed by atoms with E-state index < -0.39 is 0 Å². The molecule has 5 rings (SSSR count). The second-order valence-electron chi connectivity index (χ2n) is 11.5. The molecule has 0 N–H and O–H groups in total. The highest BCUT2D eigenvalue weighted by Crippen LogP contribution is 2.43. The number of amides is 2. The Balaban J connectivity index is 0.00000353. The summed E-state index contributed by atoms with van der Waals surface area (Å²) in [5.41, 5.74) is 2.21. The standard InChI is InChI=1S/C31H41N3O4.ClH/c1-23(2)38-30(36)34-21-26(28(22-34)25-7-5-4-6-8-25)20-32-16-13-31(14-17-32)15-18-33(29(31)35)19-24-9-11-27(37-3)12-10-24;/h4-12,23,26,28H,13-22H2,1-3H3;1H/t26-,28+;/m0./s1. The Morgan fingerprint density at radius 3 is 2.28 bits per heavy atom. The molecule has 7 nitrogen and oxygen atoms in total. The van der Waals surface area contributed by atoms with Crippen LogP contribution in [0.15, 0.2) is 54.6 Å². The van der Waals surface area contributed by atoms with Crippen LogP contribution in [-0.2, 0) is 16.1 Å². The first kappa shape index (κ1) is 29.2. The van der Waals surface area contributed by atoms with Crippen molar-refractivity contribution in [1.29, 1.82) is 0 Å². The Labute approximate surface area is 238 Å². The van der Waals surface area contributed by atoms with Gasteiger partial charge in [-0.15, -0.1) is 12.4 Å². The Morgan fingerprint density at radius 1 is 0.974 bits per heavy atom. The Hall–Kier alpha value is -2.77. The maximum absolute atomic E-state index is 13.5. The predicted octanol–water partition coefficient (Wildman–Crippen LogP) is 5.19. The van der Waals surface area contributed by atoms with Gasteiger partial charge in [0.15, 0.2) is 0 Å². The first-order valence-electron chi connectivity index (χ1n) is 14.0. The normalized spacial score (nSPS) is 22.8. The summed E-state index contributed by atoms with van der Waals surface area (Å²) in [6, 6.07) is 18.6. The number of nitrogens with zero attached hydrogens (tertiary/aromatic N) is 3. The molecule has 0 saturated carbocycles. The van der Waals surface area contributed by atoms with Crippen LogP contribution < -0.4 is 4.74 Å². The van der Waals surface area contributed by atoms with E-state index in [1.54, 1.807) is 7.11 Å². The number of halogens is 1. The van der Waals surface area contributed by atoms with Crippen LogP contribution in [-0.4, -0.2) is 79.2 Å². The molecule has 3 heterocycles. The fraction of sp³-hybridized carbons (Fsp3) is 0.548. The van der Waals surface area contributed by atoms with Crippen molar-refractivity contribution in [2.75, 3.05) is 46.4 Å². The molecule has 0 aliphatic carbocycles. The Bertz CT molecular complexity index is 1100. The lowest BCUT2D eigenvalue weighted by Crippen LogP contribution is -2.46. The zero-order chi connectivity index (χ0) is 26.7. The van der Waals surface area contributed by atoms with Gasteiger partial charge < -0.3 is 24.2 Å². The molecule has 212 valence electrons. The fourth-order valence-corrected chi connectivity index (χ4v) is 6.51. The fourth-order valence-electron chi connectivity index (χ4n) is 6.51. The van der Waals surface area contributed by atoms with Crippen molar-refractivity contribution in [2.45, 2.75) is 51.7 Å². The van der Waals surface area contributed by atoms with Crippen LogP contribution in [0.1, 0.15) is 50.2 Å². The van der Waals surface area contributed by atoms with Crippen LogP contribution in [0.3, 0.4) is 0 Å². The maximum atomic E-state index is 13.5. The number of hydrogen-bond acceptors (Lipinski definition) is 5. The highest BCUT2D eigenvalue weighted by molar-refractivity contribution is 5.85. The van der Waals surface area contributed by atoms with Crippen molar-refractivity contribution >= 4 is 24.4 Å². The van der Waals surface area contributed by atoms with E-state index in [0.717, 1.165) is 56.8 Å². The van der Waals surface area contributed by atoms with Crippen molar-refractivity contribution in [3.8, 4) is 5.75 Å². The van der Waals surface area contributed by atoms with E-state index in [-0.39, 0.29) is 30.0 Å². The average molecular weight is 556 g/mol. The summed E-state index contributed by atoms with van der Waals surface area (Å²) in [6.07, 6.45) is 2.43. The summed E-state index contributed by atoms with van der Waals surface area (Å²) in [5.74, 6) is 1.79. The number of carbonyl (C=O) groups excluding carboxylic acids is 2. The van der Waals surface area contributed by atoms with Gasteiger partial charge in [0.2, 0.25) is 5.91 Å². The molecule has 3 saturated heterocycles. The van der Waals surface area contributed by atoms with Gasteiger partial charge in [-0.25, -0.2) is 4.79 Å². The van der Waals surface area contributed by atoms with Crippen molar-refractivity contribution < 1.29 is 19.1 Å². The van der Waals surface area contributed by atoms with E-state index in [1.165, 1.54) is 5.56 Å². The topological polar surface area (TPSA) is 62.3 Å². The molecule has 8 heteroatoms. The van der Waals surface area contributed by atoms with E-state index in [9.17, 15) is 9.59 Å². The molecule has 0 unspecified atom stereocenters. The first-order chi connectivity index (χ1) is 18.4. The summed E-state index contributed by atoms with van der Waals surface area (Å²) >= 11 is 0. The molecule has 3 fully saturated rings. The molecule has 0 radical (unpaired) electrons. The lowest BCUT2D eigenvalue weighted by Gasteiger charge is -2.39. The molecule has 39 heavy (non-hydrogen) atoms. The van der Waals surface area contributed by atoms with E-state index in [2.05, 4.69) is 29.2 Å². The number of likely N-dealkylation sites (tertiary alicyclic amines) is 3. The molecule has 2 aromatic carbocycles.